The molecule has 17 heavy (non-hydrogen) atoms. The number of aryl methyl sites for hydroxylation is 1. The number of nitrogens with one attached hydrogen (secondary N) is 2. The number of anilines is 1. The van der Waals surface area contributed by atoms with Gasteiger partial charge in [-0.2, -0.15) is 0 Å². The molecule has 0 fully saturated rings. The minimum atomic E-state index is 0.0829. The fraction of sp³-hybridized carbons (Fsp3) is 0.538. The van der Waals surface area contributed by atoms with Crippen LogP contribution in [0.1, 0.15) is 32.3 Å². The Labute approximate surface area is 103 Å². The second kappa shape index (κ2) is 6.89. The first-order chi connectivity index (χ1) is 8.11. The van der Waals surface area contributed by atoms with Gasteiger partial charge in [0.1, 0.15) is 5.82 Å². The van der Waals surface area contributed by atoms with Crippen molar-refractivity contribution in [2.75, 3.05) is 11.9 Å². The molecule has 1 heterocycles. The van der Waals surface area contributed by atoms with E-state index < -0.39 is 0 Å². The molecule has 94 valence electrons. The molecule has 1 aromatic heterocycles. The first kappa shape index (κ1) is 13.5. The van der Waals surface area contributed by atoms with Gasteiger partial charge in [0.2, 0.25) is 5.91 Å². The Morgan fingerprint density at radius 2 is 2.29 bits per heavy atom. The summed E-state index contributed by atoms with van der Waals surface area (Å²) in [6.07, 6.45) is 3.19. The van der Waals surface area contributed by atoms with Gasteiger partial charge in [0.25, 0.3) is 0 Å². The molecule has 2 N–H and O–H groups in total. The van der Waals surface area contributed by atoms with E-state index in [1.54, 1.807) is 6.20 Å². The fourth-order valence-electron chi connectivity index (χ4n) is 1.39. The zero-order valence-corrected chi connectivity index (χ0v) is 10.8. The van der Waals surface area contributed by atoms with Crippen molar-refractivity contribution in [2.45, 2.75) is 39.7 Å². The van der Waals surface area contributed by atoms with Crippen molar-refractivity contribution in [3.63, 3.8) is 0 Å². The SMILES string of the molecule is CCC(C)NC(=O)CCNc1cc(C)ccn1. The van der Waals surface area contributed by atoms with E-state index in [2.05, 4.69) is 22.5 Å². The number of hydrogen-bond donors (Lipinski definition) is 2. The van der Waals surface area contributed by atoms with Gasteiger partial charge in [-0.05, 0) is 38.0 Å². The van der Waals surface area contributed by atoms with Crippen LogP contribution >= 0.6 is 0 Å². The second-order valence-corrected chi connectivity index (χ2v) is 4.27. The molecule has 0 saturated carbocycles. The van der Waals surface area contributed by atoms with E-state index in [4.69, 9.17) is 0 Å². The number of pyridine rings is 1. The summed E-state index contributed by atoms with van der Waals surface area (Å²) < 4.78 is 0. The van der Waals surface area contributed by atoms with Gasteiger partial charge < -0.3 is 10.6 Å². The Morgan fingerprint density at radius 1 is 1.53 bits per heavy atom. The van der Waals surface area contributed by atoms with Crippen molar-refractivity contribution in [3.8, 4) is 0 Å². The molecule has 0 aliphatic heterocycles. The molecule has 4 nitrogen and oxygen atoms in total. The minimum Gasteiger partial charge on any atom is -0.370 e. The van der Waals surface area contributed by atoms with Gasteiger partial charge in [0.15, 0.2) is 0 Å². The number of rotatable bonds is 6. The summed E-state index contributed by atoms with van der Waals surface area (Å²) in [5.41, 5.74) is 1.16. The number of carbonyl (C=O) groups excluding carboxylic acids is 1. The Balaban J connectivity index is 2.26. The molecule has 0 spiro atoms. The summed E-state index contributed by atoms with van der Waals surface area (Å²) in [4.78, 5) is 15.7. The summed E-state index contributed by atoms with van der Waals surface area (Å²) in [6.45, 7) is 6.69. The van der Waals surface area contributed by atoms with E-state index in [-0.39, 0.29) is 11.9 Å². The van der Waals surface area contributed by atoms with Crippen LogP contribution in [0.5, 0.6) is 0 Å². The maximum absolute atomic E-state index is 11.5. The summed E-state index contributed by atoms with van der Waals surface area (Å²) in [5, 5.41) is 6.06. The molecule has 0 aliphatic carbocycles. The highest BCUT2D eigenvalue weighted by atomic mass is 16.1. The summed E-state index contributed by atoms with van der Waals surface area (Å²) in [5.74, 6) is 0.904. The van der Waals surface area contributed by atoms with Crippen LogP contribution < -0.4 is 10.6 Å². The van der Waals surface area contributed by atoms with Gasteiger partial charge >= 0.3 is 0 Å². The van der Waals surface area contributed by atoms with Gasteiger partial charge in [-0.25, -0.2) is 4.98 Å². The zero-order valence-electron chi connectivity index (χ0n) is 10.8. The van der Waals surface area contributed by atoms with Crippen LogP contribution in [0.15, 0.2) is 18.3 Å². The number of nitrogens with zero attached hydrogens (tertiary/aromatic N) is 1. The number of aromatic nitrogens is 1. The molecular formula is C13H21N3O. The van der Waals surface area contributed by atoms with Crippen LogP contribution in [-0.2, 0) is 4.79 Å². The topological polar surface area (TPSA) is 54.0 Å². The summed E-state index contributed by atoms with van der Waals surface area (Å²) in [7, 11) is 0. The average Bonchev–Trinajstić information content (AvgIpc) is 2.29. The monoisotopic (exact) mass is 235 g/mol. The Hall–Kier alpha value is -1.58. The number of amides is 1. The first-order valence-corrected chi connectivity index (χ1v) is 6.07. The lowest BCUT2D eigenvalue weighted by atomic mass is 10.2. The van der Waals surface area contributed by atoms with Crippen LogP contribution in [0.2, 0.25) is 0 Å². The highest BCUT2D eigenvalue weighted by Crippen LogP contribution is 2.04. The molecule has 4 heteroatoms. The molecule has 0 aromatic carbocycles. The van der Waals surface area contributed by atoms with Crippen LogP contribution in [0.4, 0.5) is 5.82 Å². The van der Waals surface area contributed by atoms with E-state index in [1.165, 1.54) is 0 Å². The molecule has 0 aliphatic rings. The largest absolute Gasteiger partial charge is 0.370 e. The molecule has 1 rings (SSSR count). The fourth-order valence-corrected chi connectivity index (χ4v) is 1.39. The Kier molecular flexibility index (Phi) is 5.46. The average molecular weight is 235 g/mol. The van der Waals surface area contributed by atoms with Gasteiger partial charge in [-0.3, -0.25) is 4.79 Å². The van der Waals surface area contributed by atoms with E-state index in [1.807, 2.05) is 26.0 Å². The van der Waals surface area contributed by atoms with Crippen LogP contribution in [0.3, 0.4) is 0 Å². The highest BCUT2D eigenvalue weighted by molar-refractivity contribution is 5.76. The van der Waals surface area contributed by atoms with Crippen molar-refractivity contribution < 1.29 is 4.79 Å². The first-order valence-electron chi connectivity index (χ1n) is 6.07. The lowest BCUT2D eigenvalue weighted by molar-refractivity contribution is -0.121. The Bertz CT molecular complexity index is 365. The highest BCUT2D eigenvalue weighted by Gasteiger charge is 2.04. The molecule has 0 radical (unpaired) electrons. The van der Waals surface area contributed by atoms with Crippen LogP contribution in [-0.4, -0.2) is 23.5 Å². The third-order valence-electron chi connectivity index (χ3n) is 2.59. The van der Waals surface area contributed by atoms with Crippen molar-refractivity contribution in [1.82, 2.24) is 10.3 Å². The van der Waals surface area contributed by atoms with Crippen molar-refractivity contribution in [1.29, 1.82) is 0 Å². The van der Waals surface area contributed by atoms with Crippen molar-refractivity contribution >= 4 is 11.7 Å². The van der Waals surface area contributed by atoms with Crippen LogP contribution in [0.25, 0.3) is 0 Å². The molecule has 1 unspecified atom stereocenters. The number of hydrogen-bond acceptors (Lipinski definition) is 3. The van der Waals surface area contributed by atoms with Gasteiger partial charge in [0, 0.05) is 25.2 Å². The molecule has 0 saturated heterocycles. The third-order valence-corrected chi connectivity index (χ3v) is 2.59. The summed E-state index contributed by atoms with van der Waals surface area (Å²) >= 11 is 0. The molecule has 1 atom stereocenters. The maximum atomic E-state index is 11.5. The molecule has 0 bridgehead atoms. The van der Waals surface area contributed by atoms with Crippen LogP contribution in [0, 0.1) is 6.92 Å². The van der Waals surface area contributed by atoms with Gasteiger partial charge in [-0.15, -0.1) is 0 Å². The van der Waals surface area contributed by atoms with E-state index in [0.29, 0.717) is 13.0 Å². The predicted molar refractivity (Wildman–Crippen MR) is 70.0 cm³/mol. The molecule has 1 amide bonds. The molecule has 1 aromatic rings. The minimum absolute atomic E-state index is 0.0829. The van der Waals surface area contributed by atoms with Crippen molar-refractivity contribution in [3.05, 3.63) is 23.9 Å². The summed E-state index contributed by atoms with van der Waals surface area (Å²) in [6, 6.07) is 4.16. The molecular weight excluding hydrogens is 214 g/mol. The van der Waals surface area contributed by atoms with Gasteiger partial charge in [-0.1, -0.05) is 6.92 Å². The van der Waals surface area contributed by atoms with Gasteiger partial charge in [0.05, 0.1) is 0 Å². The lowest BCUT2D eigenvalue weighted by Crippen LogP contribution is -2.32. The van der Waals surface area contributed by atoms with E-state index in [9.17, 15) is 4.79 Å². The number of carbonyl (C=O) groups is 1. The quantitative estimate of drug-likeness (QED) is 0.794. The normalized spacial score (nSPS) is 11.9. The predicted octanol–water partition coefficient (Wildman–Crippen LogP) is 2.11. The Morgan fingerprint density at radius 3 is 2.94 bits per heavy atom. The van der Waals surface area contributed by atoms with Crippen molar-refractivity contribution in [2.24, 2.45) is 0 Å². The van der Waals surface area contributed by atoms with E-state index in [0.717, 1.165) is 17.8 Å². The van der Waals surface area contributed by atoms with E-state index >= 15 is 0 Å². The zero-order chi connectivity index (χ0) is 12.7. The third kappa shape index (κ3) is 5.33. The lowest BCUT2D eigenvalue weighted by Gasteiger charge is -2.11. The maximum Gasteiger partial charge on any atom is 0.221 e. The standard InChI is InChI=1S/C13H21N3O/c1-4-11(3)16-13(17)6-8-15-12-9-10(2)5-7-14-12/h5,7,9,11H,4,6,8H2,1-3H3,(H,14,15)(H,16,17). The second-order valence-electron chi connectivity index (χ2n) is 4.27. The smallest absolute Gasteiger partial charge is 0.221 e.